The summed E-state index contributed by atoms with van der Waals surface area (Å²) in [6.07, 6.45) is 0.351. The lowest BCUT2D eigenvalue weighted by Crippen LogP contribution is -2.19. The number of carbonyl (C=O) groups is 1. The van der Waals surface area contributed by atoms with Gasteiger partial charge in [-0.15, -0.1) is 0 Å². The first kappa shape index (κ1) is 21.3. The Labute approximate surface area is 197 Å². The van der Waals surface area contributed by atoms with E-state index in [4.69, 9.17) is 9.84 Å². The van der Waals surface area contributed by atoms with E-state index in [0.717, 1.165) is 51.1 Å². The number of carbonyl (C=O) groups excluding carboxylic acids is 1. The van der Waals surface area contributed by atoms with Crippen molar-refractivity contribution in [2.45, 2.75) is 23.8 Å². The summed E-state index contributed by atoms with van der Waals surface area (Å²) in [7, 11) is 1.65. The Kier molecular flexibility index (Phi) is 6.17. The van der Waals surface area contributed by atoms with Gasteiger partial charge >= 0.3 is 0 Å². The number of rotatable bonds is 7. The first-order chi connectivity index (χ1) is 16.2. The number of ether oxygens (including phenoxy) is 1. The summed E-state index contributed by atoms with van der Waals surface area (Å²) in [5, 5.41) is 8.01. The maximum absolute atomic E-state index is 13.4. The maximum atomic E-state index is 13.4. The largest absolute Gasteiger partial charge is 0.497 e. The van der Waals surface area contributed by atoms with Crippen LogP contribution in [-0.4, -0.2) is 22.8 Å². The number of methoxy groups -OCH3 is 1. The summed E-state index contributed by atoms with van der Waals surface area (Å²) < 4.78 is 7.14. The second-order valence-electron chi connectivity index (χ2n) is 8.00. The molecule has 0 saturated heterocycles. The predicted octanol–water partition coefficient (Wildman–Crippen LogP) is 5.79. The molecule has 0 fully saturated rings. The van der Waals surface area contributed by atoms with Crippen molar-refractivity contribution in [2.24, 2.45) is 0 Å². The molecule has 4 aromatic rings. The van der Waals surface area contributed by atoms with Gasteiger partial charge in [0, 0.05) is 29.4 Å². The SMILES string of the molecule is COc1ccc(-n2nc3c(c2NC(=O)CC(c2ccccc2)c2ccccc2)CSC3)cc1. The molecule has 2 heterocycles. The third-order valence-electron chi connectivity index (χ3n) is 5.92. The van der Waals surface area contributed by atoms with Crippen molar-refractivity contribution in [3.05, 3.63) is 107 Å². The van der Waals surface area contributed by atoms with Crippen LogP contribution in [0.3, 0.4) is 0 Å². The minimum absolute atomic E-state index is 0.0211. The molecule has 0 aliphatic carbocycles. The smallest absolute Gasteiger partial charge is 0.226 e. The van der Waals surface area contributed by atoms with E-state index in [9.17, 15) is 4.79 Å². The van der Waals surface area contributed by atoms with Gasteiger partial charge in [-0.3, -0.25) is 4.79 Å². The number of thioether (sulfide) groups is 1. The first-order valence-corrected chi connectivity index (χ1v) is 12.1. The van der Waals surface area contributed by atoms with Gasteiger partial charge < -0.3 is 10.1 Å². The Morgan fingerprint density at radius 1 is 0.970 bits per heavy atom. The van der Waals surface area contributed by atoms with E-state index in [1.807, 2.05) is 77.1 Å². The van der Waals surface area contributed by atoms with Gasteiger partial charge in [-0.25, -0.2) is 4.68 Å². The average Bonchev–Trinajstić information content (AvgIpc) is 3.46. The van der Waals surface area contributed by atoms with E-state index in [-0.39, 0.29) is 11.8 Å². The molecule has 1 aromatic heterocycles. The highest BCUT2D eigenvalue weighted by molar-refractivity contribution is 7.98. The van der Waals surface area contributed by atoms with Crippen LogP contribution in [0.4, 0.5) is 5.82 Å². The van der Waals surface area contributed by atoms with Gasteiger partial charge in [-0.05, 0) is 35.4 Å². The minimum Gasteiger partial charge on any atom is -0.497 e. The monoisotopic (exact) mass is 455 g/mol. The molecule has 0 radical (unpaired) electrons. The van der Waals surface area contributed by atoms with Crippen molar-refractivity contribution in [3.8, 4) is 11.4 Å². The van der Waals surface area contributed by atoms with Gasteiger partial charge in [0.1, 0.15) is 11.6 Å². The van der Waals surface area contributed by atoms with Crippen molar-refractivity contribution in [2.75, 3.05) is 12.4 Å². The van der Waals surface area contributed by atoms with Crippen LogP contribution in [0.25, 0.3) is 5.69 Å². The quantitative estimate of drug-likeness (QED) is 0.383. The predicted molar refractivity (Wildman–Crippen MR) is 133 cm³/mol. The van der Waals surface area contributed by atoms with Crippen LogP contribution in [-0.2, 0) is 16.3 Å². The molecular weight excluding hydrogens is 430 g/mol. The molecule has 166 valence electrons. The lowest BCUT2D eigenvalue weighted by atomic mass is 9.88. The van der Waals surface area contributed by atoms with Gasteiger partial charge in [0.15, 0.2) is 0 Å². The molecule has 0 bridgehead atoms. The summed E-state index contributed by atoms with van der Waals surface area (Å²) in [5.74, 6) is 3.22. The topological polar surface area (TPSA) is 56.1 Å². The fourth-order valence-electron chi connectivity index (χ4n) is 4.22. The molecular formula is C27H25N3O2S. The number of nitrogens with one attached hydrogen (secondary N) is 1. The number of fused-ring (bicyclic) bond motifs is 1. The van der Waals surface area contributed by atoms with Crippen LogP contribution >= 0.6 is 11.8 Å². The van der Waals surface area contributed by atoms with Gasteiger partial charge in [0.05, 0.1) is 18.5 Å². The Morgan fingerprint density at radius 3 is 2.21 bits per heavy atom. The zero-order valence-electron chi connectivity index (χ0n) is 18.4. The zero-order chi connectivity index (χ0) is 22.6. The summed E-state index contributed by atoms with van der Waals surface area (Å²) >= 11 is 1.82. The Balaban J connectivity index is 1.44. The fourth-order valence-corrected chi connectivity index (χ4v) is 5.25. The highest BCUT2D eigenvalue weighted by atomic mass is 32.2. The molecule has 0 saturated carbocycles. The molecule has 1 amide bonds. The van der Waals surface area contributed by atoms with E-state index in [1.165, 1.54) is 0 Å². The van der Waals surface area contributed by atoms with Crippen LogP contribution < -0.4 is 10.1 Å². The van der Waals surface area contributed by atoms with E-state index in [0.29, 0.717) is 6.42 Å². The Hall–Kier alpha value is -3.51. The van der Waals surface area contributed by atoms with Crippen molar-refractivity contribution in [1.82, 2.24) is 9.78 Å². The summed E-state index contributed by atoms with van der Waals surface area (Å²) in [6, 6.07) is 28.1. The normalized spacial score (nSPS) is 12.5. The minimum atomic E-state index is -0.0259. The van der Waals surface area contributed by atoms with Crippen molar-refractivity contribution >= 4 is 23.5 Å². The maximum Gasteiger partial charge on any atom is 0.226 e. The number of anilines is 1. The number of hydrogen-bond donors (Lipinski definition) is 1. The van der Waals surface area contributed by atoms with E-state index >= 15 is 0 Å². The molecule has 6 heteroatoms. The van der Waals surface area contributed by atoms with E-state index < -0.39 is 0 Å². The molecule has 1 aliphatic heterocycles. The van der Waals surface area contributed by atoms with Gasteiger partial charge in [-0.2, -0.15) is 16.9 Å². The number of aromatic nitrogens is 2. The van der Waals surface area contributed by atoms with Crippen molar-refractivity contribution in [3.63, 3.8) is 0 Å². The molecule has 5 nitrogen and oxygen atoms in total. The van der Waals surface area contributed by atoms with Gasteiger partial charge in [0.2, 0.25) is 5.91 Å². The number of amides is 1. The number of benzene rings is 3. The molecule has 3 aromatic carbocycles. The molecule has 1 aliphatic rings. The second kappa shape index (κ2) is 9.55. The molecule has 33 heavy (non-hydrogen) atoms. The van der Waals surface area contributed by atoms with Gasteiger partial charge in [0.25, 0.3) is 0 Å². The van der Waals surface area contributed by atoms with Crippen molar-refractivity contribution < 1.29 is 9.53 Å². The van der Waals surface area contributed by atoms with E-state index in [1.54, 1.807) is 7.11 Å². The Bertz CT molecular complexity index is 1200. The lowest BCUT2D eigenvalue weighted by Gasteiger charge is -2.18. The van der Waals surface area contributed by atoms with Crippen LogP contribution in [0.2, 0.25) is 0 Å². The molecule has 5 rings (SSSR count). The van der Waals surface area contributed by atoms with Crippen LogP contribution in [0.15, 0.2) is 84.9 Å². The Morgan fingerprint density at radius 2 is 1.61 bits per heavy atom. The number of nitrogens with zero attached hydrogens (tertiary/aromatic N) is 2. The molecule has 0 atom stereocenters. The first-order valence-electron chi connectivity index (χ1n) is 11.0. The van der Waals surface area contributed by atoms with Crippen LogP contribution in [0.5, 0.6) is 5.75 Å². The lowest BCUT2D eigenvalue weighted by molar-refractivity contribution is -0.116. The average molecular weight is 456 g/mol. The van der Waals surface area contributed by atoms with Gasteiger partial charge in [-0.1, -0.05) is 60.7 Å². The van der Waals surface area contributed by atoms with E-state index in [2.05, 4.69) is 29.6 Å². The highest BCUT2D eigenvalue weighted by Gasteiger charge is 2.26. The van der Waals surface area contributed by atoms with Crippen LogP contribution in [0.1, 0.15) is 34.7 Å². The third-order valence-corrected chi connectivity index (χ3v) is 6.89. The second-order valence-corrected chi connectivity index (χ2v) is 8.99. The summed E-state index contributed by atoms with van der Waals surface area (Å²) in [5.41, 5.74) is 5.30. The standard InChI is InChI=1S/C27H25N3O2S/c1-32-22-14-12-21(13-15-22)30-27(24-17-33-18-25(24)29-30)28-26(31)16-23(19-8-4-2-5-9-19)20-10-6-3-7-11-20/h2-15,23H,16-18H2,1H3,(H,28,31). The zero-order valence-corrected chi connectivity index (χ0v) is 19.2. The third kappa shape index (κ3) is 4.52. The summed E-state index contributed by atoms with van der Waals surface area (Å²) in [6.45, 7) is 0. The molecule has 0 spiro atoms. The van der Waals surface area contributed by atoms with Crippen LogP contribution in [0, 0.1) is 0 Å². The van der Waals surface area contributed by atoms with Crippen molar-refractivity contribution in [1.29, 1.82) is 0 Å². The fraction of sp³-hybridized carbons (Fsp3) is 0.185. The highest BCUT2D eigenvalue weighted by Crippen LogP contribution is 2.37. The number of hydrogen-bond acceptors (Lipinski definition) is 4. The molecule has 0 unspecified atom stereocenters. The summed E-state index contributed by atoms with van der Waals surface area (Å²) in [4.78, 5) is 13.4. The molecule has 1 N–H and O–H groups in total.